The van der Waals surface area contributed by atoms with Crippen LogP contribution in [0.1, 0.15) is 75.1 Å². The molecule has 4 aliphatic rings. The summed E-state index contributed by atoms with van der Waals surface area (Å²) in [5.41, 5.74) is 6.12. The molecule has 344 valence electrons. The molecule has 6 aromatic rings. The van der Waals surface area contributed by atoms with E-state index in [0.717, 1.165) is 70.0 Å². The number of likely N-dealkylation sites (tertiary alicyclic amines) is 2. The molecule has 10 rings (SSSR count). The maximum Gasteiger partial charge on any atom is 0.407 e. The van der Waals surface area contributed by atoms with Crippen molar-refractivity contribution in [3.05, 3.63) is 72.3 Å². The number of carbonyl (C=O) groups excluding carboxylic acids is 4. The quantitative estimate of drug-likeness (QED) is 0.118. The molecule has 18 heteroatoms. The lowest BCUT2D eigenvalue weighted by Crippen LogP contribution is -2.53. The zero-order valence-electron chi connectivity index (χ0n) is 37.1. The van der Waals surface area contributed by atoms with Crippen LogP contribution in [0, 0.1) is 11.8 Å². The van der Waals surface area contributed by atoms with Crippen molar-refractivity contribution >= 4 is 57.1 Å². The number of fused-ring (bicyclic) bond motifs is 3. The number of aromatic amines is 2. The SMILES string of the molecule is COC(=O)N[C@H](C(=O)N1CCC[C@H]1c1nc2nc(-c3ccc4cc(-c5ccc6[nH]c([C@@H]7CCCN7C(=O)[C@@H](NC(=O)OC)C7CCOCC7)nc6n5)ccc4c3)ccc2[nH]1)C1CCOCC1. The largest absolute Gasteiger partial charge is 0.453 e. The molecule has 66 heavy (non-hydrogen) atoms. The van der Waals surface area contributed by atoms with Gasteiger partial charge in [-0.25, -0.2) is 29.5 Å². The summed E-state index contributed by atoms with van der Waals surface area (Å²) in [6.45, 7) is 3.32. The normalized spacial score (nSPS) is 20.5. The molecule has 4 amide bonds. The molecule has 18 nitrogen and oxygen atoms in total. The Morgan fingerprint density at radius 1 is 0.591 bits per heavy atom. The van der Waals surface area contributed by atoms with Gasteiger partial charge in [-0.05, 0) is 110 Å². The van der Waals surface area contributed by atoms with E-state index in [1.165, 1.54) is 14.2 Å². The average Bonchev–Trinajstić information content (AvgIpc) is 4.20. The van der Waals surface area contributed by atoms with Crippen LogP contribution in [-0.2, 0) is 28.5 Å². The topological polar surface area (TPSA) is 219 Å². The minimum atomic E-state index is -0.709. The zero-order chi connectivity index (χ0) is 45.3. The lowest BCUT2D eigenvalue weighted by molar-refractivity contribution is -0.137. The number of alkyl carbamates (subject to hydrolysis) is 2. The maximum absolute atomic E-state index is 14.1. The summed E-state index contributed by atoms with van der Waals surface area (Å²) in [5.74, 6) is 0.981. The van der Waals surface area contributed by atoms with E-state index >= 15 is 0 Å². The summed E-state index contributed by atoms with van der Waals surface area (Å²) < 4.78 is 20.8. The van der Waals surface area contributed by atoms with Crippen molar-refractivity contribution in [1.29, 1.82) is 0 Å². The molecule has 4 saturated heterocycles. The number of pyridine rings is 2. The Kier molecular flexibility index (Phi) is 12.2. The first-order valence-electron chi connectivity index (χ1n) is 23.0. The number of aromatic nitrogens is 6. The third kappa shape index (κ3) is 8.62. The number of imidazole rings is 2. The van der Waals surface area contributed by atoms with Gasteiger partial charge in [-0.2, -0.15) is 0 Å². The Bertz CT molecular complexity index is 2590. The second-order valence-corrected chi connectivity index (χ2v) is 17.7. The number of H-pyrrole nitrogens is 2. The summed E-state index contributed by atoms with van der Waals surface area (Å²) in [6.07, 6.45) is 4.59. The third-order valence-electron chi connectivity index (χ3n) is 13.8. The molecule has 2 aromatic carbocycles. The second kappa shape index (κ2) is 18.7. The highest BCUT2D eigenvalue weighted by Crippen LogP contribution is 2.36. The first kappa shape index (κ1) is 43.2. The van der Waals surface area contributed by atoms with Gasteiger partial charge in [0.25, 0.3) is 0 Å². The molecule has 0 radical (unpaired) electrons. The number of nitrogens with zero attached hydrogens (tertiary/aromatic N) is 6. The van der Waals surface area contributed by atoms with Crippen molar-refractivity contribution in [1.82, 2.24) is 50.3 Å². The van der Waals surface area contributed by atoms with E-state index in [9.17, 15) is 19.2 Å². The summed E-state index contributed by atoms with van der Waals surface area (Å²) in [5, 5.41) is 7.71. The molecule has 4 fully saturated rings. The van der Waals surface area contributed by atoms with Crippen molar-refractivity contribution in [2.45, 2.75) is 75.5 Å². The van der Waals surface area contributed by atoms with Gasteiger partial charge in [-0.15, -0.1) is 0 Å². The van der Waals surface area contributed by atoms with Gasteiger partial charge in [0.15, 0.2) is 11.3 Å². The Hall–Kier alpha value is -6.66. The van der Waals surface area contributed by atoms with Crippen LogP contribution in [0.4, 0.5) is 9.59 Å². The van der Waals surface area contributed by atoms with Crippen molar-refractivity contribution in [3.8, 4) is 22.5 Å². The Morgan fingerprint density at radius 2 is 1.02 bits per heavy atom. The number of benzene rings is 2. The number of carbonyl (C=O) groups is 4. The van der Waals surface area contributed by atoms with Crippen molar-refractivity contribution < 1.29 is 38.1 Å². The summed E-state index contributed by atoms with van der Waals surface area (Å²) >= 11 is 0. The fourth-order valence-electron chi connectivity index (χ4n) is 10.2. The molecule has 8 heterocycles. The van der Waals surface area contributed by atoms with Gasteiger partial charge in [0.2, 0.25) is 11.8 Å². The number of methoxy groups -OCH3 is 2. The van der Waals surface area contributed by atoms with Gasteiger partial charge in [0.05, 0.1) is 48.7 Å². The molecule has 0 spiro atoms. The van der Waals surface area contributed by atoms with Crippen LogP contribution in [0.25, 0.3) is 55.6 Å². The van der Waals surface area contributed by atoms with E-state index in [1.807, 2.05) is 34.1 Å². The second-order valence-electron chi connectivity index (χ2n) is 17.7. The van der Waals surface area contributed by atoms with Crippen LogP contribution in [0.3, 0.4) is 0 Å². The lowest BCUT2D eigenvalue weighted by Gasteiger charge is -2.34. The number of rotatable bonds is 10. The summed E-state index contributed by atoms with van der Waals surface area (Å²) in [7, 11) is 2.61. The lowest BCUT2D eigenvalue weighted by atomic mass is 9.90. The highest BCUT2D eigenvalue weighted by molar-refractivity contribution is 5.92. The first-order valence-corrected chi connectivity index (χ1v) is 23.0. The van der Waals surface area contributed by atoms with E-state index < -0.39 is 24.3 Å². The standard InChI is InChI=1S/C48H54N10O8/c1-63-47(61)53-39(27-15-21-65-22-16-27)45(59)57-19-3-5-37(57)43-51-35-13-11-33(49-41(35)55-43)31-9-7-30-26-32(10-8-29(30)25-31)34-12-14-36-42(50-34)56-44(52-36)38-6-4-20-58(38)46(60)40(54-48(62)64-2)28-17-23-66-24-18-28/h7-14,25-28,37-40H,3-6,15-24H2,1-2H3,(H,53,61)(H,54,62)(H,49,51,55)(H,50,52,56)/t37-,38-,39-,40-/m0/s1. The molecule has 4 atom stereocenters. The van der Waals surface area contributed by atoms with Gasteiger partial charge >= 0.3 is 12.2 Å². The van der Waals surface area contributed by atoms with Crippen LogP contribution >= 0.6 is 0 Å². The minimum absolute atomic E-state index is 0.0479. The van der Waals surface area contributed by atoms with Crippen LogP contribution in [0.2, 0.25) is 0 Å². The van der Waals surface area contributed by atoms with Crippen molar-refractivity contribution in [2.24, 2.45) is 11.8 Å². The van der Waals surface area contributed by atoms with E-state index in [0.29, 0.717) is 88.1 Å². The fraction of sp³-hybridized carbons (Fsp3) is 0.458. The van der Waals surface area contributed by atoms with Gasteiger partial charge < -0.3 is 49.3 Å². The monoisotopic (exact) mass is 898 g/mol. The smallest absolute Gasteiger partial charge is 0.407 e. The van der Waals surface area contributed by atoms with Gasteiger partial charge in [0, 0.05) is 50.6 Å². The van der Waals surface area contributed by atoms with Crippen molar-refractivity contribution in [2.75, 3.05) is 53.7 Å². The van der Waals surface area contributed by atoms with E-state index in [4.69, 9.17) is 38.9 Å². The predicted molar refractivity (Wildman–Crippen MR) is 243 cm³/mol. The highest BCUT2D eigenvalue weighted by Gasteiger charge is 2.42. The maximum atomic E-state index is 14.1. The Balaban J connectivity index is 0.848. The van der Waals surface area contributed by atoms with Crippen LogP contribution < -0.4 is 10.6 Å². The van der Waals surface area contributed by atoms with Gasteiger partial charge in [-0.3, -0.25) is 9.59 Å². The van der Waals surface area contributed by atoms with E-state index in [2.05, 4.69) is 57.0 Å². The Morgan fingerprint density at radius 3 is 1.42 bits per heavy atom. The molecular formula is C48H54N10O8. The van der Waals surface area contributed by atoms with Crippen molar-refractivity contribution in [3.63, 3.8) is 0 Å². The van der Waals surface area contributed by atoms with Gasteiger partial charge in [-0.1, -0.05) is 24.3 Å². The minimum Gasteiger partial charge on any atom is -0.453 e. The summed E-state index contributed by atoms with van der Waals surface area (Å²) in [6, 6.07) is 18.4. The Labute approximate surface area is 380 Å². The van der Waals surface area contributed by atoms with Crippen LogP contribution in [0.15, 0.2) is 60.7 Å². The van der Waals surface area contributed by atoms with E-state index in [-0.39, 0.29) is 35.7 Å². The number of ether oxygens (including phenoxy) is 4. The number of hydrogen-bond acceptors (Lipinski definition) is 12. The van der Waals surface area contributed by atoms with E-state index in [1.54, 1.807) is 0 Å². The molecule has 0 aliphatic carbocycles. The highest BCUT2D eigenvalue weighted by atomic mass is 16.5. The number of nitrogens with one attached hydrogen (secondary N) is 4. The first-order chi connectivity index (χ1) is 32.2. The molecule has 0 bridgehead atoms. The molecular weight excluding hydrogens is 845 g/mol. The summed E-state index contributed by atoms with van der Waals surface area (Å²) in [4.78, 5) is 83.1. The number of amides is 4. The fourth-order valence-corrected chi connectivity index (χ4v) is 10.2. The van der Waals surface area contributed by atoms with Crippen LogP contribution in [0.5, 0.6) is 0 Å². The molecule has 4 aromatic heterocycles. The predicted octanol–water partition coefficient (Wildman–Crippen LogP) is 6.35. The van der Waals surface area contributed by atoms with Gasteiger partial charge in [0.1, 0.15) is 23.7 Å². The molecule has 4 N–H and O–H groups in total. The molecule has 0 saturated carbocycles. The molecule has 4 aliphatic heterocycles. The van der Waals surface area contributed by atoms with Crippen LogP contribution in [-0.4, -0.2) is 130 Å². The number of hydrogen-bond donors (Lipinski definition) is 4. The third-order valence-corrected chi connectivity index (χ3v) is 13.8. The average molecular weight is 899 g/mol. The zero-order valence-corrected chi connectivity index (χ0v) is 37.1. The molecule has 0 unspecified atom stereocenters.